The lowest BCUT2D eigenvalue weighted by Gasteiger charge is -2.18. The van der Waals surface area contributed by atoms with E-state index in [2.05, 4.69) is 10.6 Å². The number of aryl methyl sites for hydroxylation is 1. The summed E-state index contributed by atoms with van der Waals surface area (Å²) >= 11 is 9.06. The van der Waals surface area contributed by atoms with Gasteiger partial charge in [-0.3, -0.25) is 9.59 Å². The third-order valence-corrected chi connectivity index (χ3v) is 7.43. The lowest BCUT2D eigenvalue weighted by Crippen LogP contribution is -2.19. The van der Waals surface area contributed by atoms with Gasteiger partial charge in [-0.05, 0) is 65.9 Å². The summed E-state index contributed by atoms with van der Waals surface area (Å²) in [6, 6.07) is 26.2. The van der Waals surface area contributed by atoms with Gasteiger partial charge < -0.3 is 10.6 Å². The monoisotopic (exact) mass is 492 g/mol. The summed E-state index contributed by atoms with van der Waals surface area (Å²) in [7, 11) is 0. The number of carbonyl (C=O) groups excluding carboxylic acids is 2. The molecule has 33 heavy (non-hydrogen) atoms. The van der Waals surface area contributed by atoms with Gasteiger partial charge in [0.15, 0.2) is 0 Å². The molecule has 1 aromatic heterocycles. The highest BCUT2D eigenvalue weighted by Crippen LogP contribution is 2.37. The van der Waals surface area contributed by atoms with Gasteiger partial charge in [-0.1, -0.05) is 54.1 Å². The maximum Gasteiger partial charge on any atom is 0.265 e. The summed E-state index contributed by atoms with van der Waals surface area (Å²) in [5.41, 5.74) is 3.21. The topological polar surface area (TPSA) is 58.2 Å². The van der Waals surface area contributed by atoms with Crippen LogP contribution in [0.4, 0.5) is 11.4 Å². The molecule has 2 amide bonds. The van der Waals surface area contributed by atoms with Gasteiger partial charge in [-0.25, -0.2) is 0 Å². The Kier molecular flexibility index (Phi) is 7.50. The van der Waals surface area contributed by atoms with Crippen molar-refractivity contribution in [1.29, 1.82) is 0 Å². The first-order valence-electron chi connectivity index (χ1n) is 10.2. The zero-order valence-electron chi connectivity index (χ0n) is 17.7. The second-order valence-electron chi connectivity index (χ2n) is 7.32. The normalized spacial score (nSPS) is 11.6. The molecule has 0 spiro atoms. The molecule has 0 fully saturated rings. The molecule has 7 heteroatoms. The second-order valence-corrected chi connectivity index (χ2v) is 9.85. The van der Waals surface area contributed by atoms with Crippen molar-refractivity contribution in [3.63, 3.8) is 0 Å². The van der Waals surface area contributed by atoms with Crippen molar-refractivity contribution in [2.45, 2.75) is 17.1 Å². The maximum absolute atomic E-state index is 13.2. The number of thioether (sulfide) groups is 1. The van der Waals surface area contributed by atoms with Crippen LogP contribution in [-0.4, -0.2) is 11.8 Å². The lowest BCUT2D eigenvalue weighted by atomic mass is 10.1. The number of rotatable bonds is 7. The van der Waals surface area contributed by atoms with Crippen molar-refractivity contribution in [3.05, 3.63) is 111 Å². The van der Waals surface area contributed by atoms with Crippen molar-refractivity contribution in [2.24, 2.45) is 0 Å². The first kappa shape index (κ1) is 23.1. The number of anilines is 2. The molecular formula is C26H21ClN2O2S2. The summed E-state index contributed by atoms with van der Waals surface area (Å²) in [5.74, 6) is -0.273. The van der Waals surface area contributed by atoms with Crippen LogP contribution in [0, 0.1) is 6.92 Å². The first-order valence-corrected chi connectivity index (χ1v) is 12.4. The van der Waals surface area contributed by atoms with Crippen LogP contribution in [0.5, 0.6) is 0 Å². The number of carbonyl (C=O) groups is 2. The molecule has 4 rings (SSSR count). The molecule has 3 aromatic carbocycles. The van der Waals surface area contributed by atoms with Crippen LogP contribution < -0.4 is 10.6 Å². The van der Waals surface area contributed by atoms with Gasteiger partial charge in [0.1, 0.15) is 5.25 Å². The zero-order valence-corrected chi connectivity index (χ0v) is 20.1. The van der Waals surface area contributed by atoms with Crippen LogP contribution in [0.15, 0.2) is 95.2 Å². The van der Waals surface area contributed by atoms with Gasteiger partial charge in [0.2, 0.25) is 5.91 Å². The molecule has 1 atom stereocenters. The first-order chi connectivity index (χ1) is 16.0. The van der Waals surface area contributed by atoms with Crippen molar-refractivity contribution in [3.8, 4) is 0 Å². The minimum atomic E-state index is -0.460. The van der Waals surface area contributed by atoms with E-state index >= 15 is 0 Å². The number of halogens is 1. The average Bonchev–Trinajstić information content (AvgIpc) is 3.37. The van der Waals surface area contributed by atoms with E-state index in [0.717, 1.165) is 16.0 Å². The molecule has 0 aliphatic rings. The van der Waals surface area contributed by atoms with E-state index in [4.69, 9.17) is 11.6 Å². The minimum Gasteiger partial charge on any atom is -0.325 e. The summed E-state index contributed by atoms with van der Waals surface area (Å²) in [4.78, 5) is 27.1. The summed E-state index contributed by atoms with van der Waals surface area (Å²) in [5, 5.41) is 7.89. The van der Waals surface area contributed by atoms with Crippen molar-refractivity contribution < 1.29 is 9.59 Å². The van der Waals surface area contributed by atoms with Crippen LogP contribution in [0.2, 0.25) is 5.02 Å². The lowest BCUT2D eigenvalue weighted by molar-refractivity contribution is -0.115. The highest BCUT2D eigenvalue weighted by molar-refractivity contribution is 8.00. The van der Waals surface area contributed by atoms with E-state index in [1.54, 1.807) is 12.1 Å². The highest BCUT2D eigenvalue weighted by Gasteiger charge is 2.22. The van der Waals surface area contributed by atoms with E-state index < -0.39 is 5.25 Å². The number of thiophene rings is 1. The summed E-state index contributed by atoms with van der Waals surface area (Å²) < 4.78 is 0. The van der Waals surface area contributed by atoms with Crippen LogP contribution in [0.1, 0.15) is 26.0 Å². The van der Waals surface area contributed by atoms with Gasteiger partial charge in [0.25, 0.3) is 5.91 Å². The molecule has 0 aliphatic carbocycles. The Morgan fingerprint density at radius 3 is 2.27 bits per heavy atom. The van der Waals surface area contributed by atoms with Gasteiger partial charge in [0, 0.05) is 21.3 Å². The van der Waals surface area contributed by atoms with Gasteiger partial charge in [-0.2, -0.15) is 0 Å². The number of hydrogen-bond donors (Lipinski definition) is 2. The molecule has 4 nitrogen and oxygen atoms in total. The predicted molar refractivity (Wildman–Crippen MR) is 139 cm³/mol. The van der Waals surface area contributed by atoms with E-state index in [0.29, 0.717) is 21.3 Å². The van der Waals surface area contributed by atoms with E-state index in [9.17, 15) is 9.59 Å². The third kappa shape index (κ3) is 6.05. The van der Waals surface area contributed by atoms with Gasteiger partial charge in [-0.15, -0.1) is 23.1 Å². The fraction of sp³-hybridized carbons (Fsp3) is 0.0769. The Balaban J connectivity index is 1.50. The van der Waals surface area contributed by atoms with E-state index in [1.165, 1.54) is 23.1 Å². The maximum atomic E-state index is 13.2. The van der Waals surface area contributed by atoms with Crippen LogP contribution in [0.3, 0.4) is 0 Å². The molecular weight excluding hydrogens is 472 g/mol. The molecule has 166 valence electrons. The fourth-order valence-electron chi connectivity index (χ4n) is 3.13. The van der Waals surface area contributed by atoms with Crippen LogP contribution in [0.25, 0.3) is 0 Å². The smallest absolute Gasteiger partial charge is 0.265 e. The Morgan fingerprint density at radius 2 is 1.61 bits per heavy atom. The minimum absolute atomic E-state index is 0.135. The number of benzene rings is 3. The molecule has 1 unspecified atom stereocenters. The third-order valence-electron chi connectivity index (χ3n) is 4.89. The number of nitrogens with one attached hydrogen (secondary N) is 2. The molecule has 1 heterocycles. The second kappa shape index (κ2) is 10.7. The Bertz CT molecular complexity index is 1240. The van der Waals surface area contributed by atoms with Gasteiger partial charge in [0.05, 0.1) is 4.88 Å². The standard InChI is InChI=1S/C26H21ClN2O2S2/c1-17-9-10-20(16-22(17)27)29-26(31)24(18-6-3-2-4-7-18)33-21-13-11-19(12-14-21)28-25(30)23-8-5-15-32-23/h2-16,24H,1H3,(H,28,30)(H,29,31). The zero-order chi connectivity index (χ0) is 23.2. The Hall–Kier alpha value is -3.06. The average molecular weight is 493 g/mol. The van der Waals surface area contributed by atoms with Crippen LogP contribution in [-0.2, 0) is 4.79 Å². The number of hydrogen-bond acceptors (Lipinski definition) is 4. The fourth-order valence-corrected chi connectivity index (χ4v) is 4.96. The molecule has 4 aromatic rings. The Morgan fingerprint density at radius 1 is 0.879 bits per heavy atom. The highest BCUT2D eigenvalue weighted by atomic mass is 35.5. The molecule has 0 saturated carbocycles. The number of amides is 2. The largest absolute Gasteiger partial charge is 0.325 e. The van der Waals surface area contributed by atoms with Crippen molar-refractivity contribution in [2.75, 3.05) is 10.6 Å². The molecule has 0 bridgehead atoms. The van der Waals surface area contributed by atoms with Gasteiger partial charge >= 0.3 is 0 Å². The van der Waals surface area contributed by atoms with Crippen molar-refractivity contribution in [1.82, 2.24) is 0 Å². The SMILES string of the molecule is Cc1ccc(NC(=O)C(Sc2ccc(NC(=O)c3cccs3)cc2)c2ccccc2)cc1Cl. The van der Waals surface area contributed by atoms with E-state index in [1.807, 2.05) is 85.1 Å². The summed E-state index contributed by atoms with van der Waals surface area (Å²) in [6.07, 6.45) is 0. The predicted octanol–water partition coefficient (Wildman–Crippen LogP) is 7.43. The van der Waals surface area contributed by atoms with Crippen LogP contribution >= 0.6 is 34.7 Å². The van der Waals surface area contributed by atoms with Crippen molar-refractivity contribution >= 4 is 57.9 Å². The summed E-state index contributed by atoms with van der Waals surface area (Å²) in [6.45, 7) is 1.92. The Labute approximate surface area is 206 Å². The molecule has 0 radical (unpaired) electrons. The molecule has 2 N–H and O–H groups in total. The van der Waals surface area contributed by atoms with E-state index in [-0.39, 0.29) is 11.8 Å². The molecule has 0 aliphatic heterocycles. The quantitative estimate of drug-likeness (QED) is 0.264. The molecule has 0 saturated heterocycles.